The molecule has 0 spiro atoms. The van der Waals surface area contributed by atoms with E-state index in [0.717, 1.165) is 22.4 Å². The maximum Gasteiger partial charge on any atom is 0.345 e. The van der Waals surface area contributed by atoms with E-state index < -0.39 is 17.5 Å². The van der Waals surface area contributed by atoms with Crippen molar-refractivity contribution in [2.45, 2.75) is 18.9 Å². The van der Waals surface area contributed by atoms with Crippen LogP contribution in [0.2, 0.25) is 0 Å². The van der Waals surface area contributed by atoms with Gasteiger partial charge in [-0.05, 0) is 42.2 Å². The second-order valence-electron chi connectivity index (χ2n) is 5.96. The maximum absolute atomic E-state index is 12.7. The maximum atomic E-state index is 12.7. The van der Waals surface area contributed by atoms with Gasteiger partial charge in [0.25, 0.3) is 5.91 Å². The smallest absolute Gasteiger partial charge is 0.345 e. The molecule has 0 unspecified atom stereocenters. The quantitative estimate of drug-likeness (QED) is 0.878. The Hall–Kier alpha value is -2.66. The van der Waals surface area contributed by atoms with Gasteiger partial charge in [-0.1, -0.05) is 36.4 Å². The van der Waals surface area contributed by atoms with E-state index in [9.17, 15) is 14.7 Å². The average Bonchev–Trinajstić information content (AvgIpc) is 3.03. The molecule has 5 nitrogen and oxygen atoms in total. The highest BCUT2D eigenvalue weighted by Gasteiger charge is 2.46. The summed E-state index contributed by atoms with van der Waals surface area (Å²) in [5.74, 6) is -1.84. The second kappa shape index (κ2) is 6.09. The number of hydrogen-bond acceptors (Lipinski definition) is 3. The lowest BCUT2D eigenvalue weighted by molar-refractivity contribution is -0.166. The lowest BCUT2D eigenvalue weighted by atomic mass is 10.0. The van der Waals surface area contributed by atoms with E-state index in [4.69, 9.17) is 4.74 Å². The summed E-state index contributed by atoms with van der Waals surface area (Å²) in [6.07, 6.45) is 0.696. The summed E-state index contributed by atoms with van der Waals surface area (Å²) in [4.78, 5) is 25.6. The Balaban J connectivity index is 1.94. The Morgan fingerprint density at radius 1 is 1.12 bits per heavy atom. The fourth-order valence-corrected chi connectivity index (χ4v) is 2.95. The predicted octanol–water partition coefficient (Wildman–Crippen LogP) is 2.73. The number of carbonyl (C=O) groups excluding carboxylic acids is 1. The Morgan fingerprint density at radius 2 is 1.83 bits per heavy atom. The van der Waals surface area contributed by atoms with E-state index in [1.54, 1.807) is 0 Å². The van der Waals surface area contributed by atoms with E-state index in [-0.39, 0.29) is 0 Å². The zero-order valence-corrected chi connectivity index (χ0v) is 13.7. The molecule has 2 aromatic carbocycles. The van der Waals surface area contributed by atoms with Crippen LogP contribution in [0.1, 0.15) is 12.5 Å². The molecule has 0 saturated carbocycles. The molecule has 24 heavy (non-hydrogen) atoms. The Morgan fingerprint density at radius 3 is 2.46 bits per heavy atom. The van der Waals surface area contributed by atoms with E-state index in [2.05, 4.69) is 6.07 Å². The number of hydrogen-bond donors (Lipinski definition) is 1. The molecule has 1 aliphatic heterocycles. The van der Waals surface area contributed by atoms with E-state index in [0.29, 0.717) is 13.0 Å². The number of fused-ring (bicyclic) bond motifs is 1. The lowest BCUT2D eigenvalue weighted by Crippen LogP contribution is -2.53. The van der Waals surface area contributed by atoms with Crippen molar-refractivity contribution in [3.8, 4) is 11.1 Å². The molecule has 0 aliphatic carbocycles. The third kappa shape index (κ3) is 2.57. The van der Waals surface area contributed by atoms with Crippen LogP contribution in [0, 0.1) is 0 Å². The predicted molar refractivity (Wildman–Crippen MR) is 91.0 cm³/mol. The Labute approximate surface area is 140 Å². The Kier molecular flexibility index (Phi) is 4.11. The average molecular weight is 325 g/mol. The summed E-state index contributed by atoms with van der Waals surface area (Å²) >= 11 is 0. The molecule has 1 amide bonds. The van der Waals surface area contributed by atoms with E-state index >= 15 is 0 Å². The first-order valence-electron chi connectivity index (χ1n) is 7.76. The van der Waals surface area contributed by atoms with Crippen LogP contribution >= 0.6 is 0 Å². The van der Waals surface area contributed by atoms with Gasteiger partial charge in [0.1, 0.15) is 0 Å². The van der Waals surface area contributed by atoms with Crippen LogP contribution in [0.5, 0.6) is 0 Å². The monoisotopic (exact) mass is 325 g/mol. The molecule has 5 heteroatoms. The molecule has 0 aromatic heterocycles. The highest BCUT2D eigenvalue weighted by molar-refractivity contribution is 6.13. The van der Waals surface area contributed by atoms with Gasteiger partial charge in [-0.2, -0.15) is 0 Å². The van der Waals surface area contributed by atoms with Crippen molar-refractivity contribution in [3.63, 3.8) is 0 Å². The van der Waals surface area contributed by atoms with Crippen LogP contribution in [0.25, 0.3) is 11.1 Å². The molecule has 124 valence electrons. The fourth-order valence-electron chi connectivity index (χ4n) is 2.95. The van der Waals surface area contributed by atoms with Gasteiger partial charge in [0.05, 0.1) is 0 Å². The molecule has 0 radical (unpaired) electrons. The molecule has 3 rings (SSSR count). The summed E-state index contributed by atoms with van der Waals surface area (Å²) < 4.78 is 4.99. The van der Waals surface area contributed by atoms with Crippen LogP contribution in [0.15, 0.2) is 48.5 Å². The number of nitrogens with zero attached hydrogens (tertiary/aromatic N) is 1. The molecule has 2 aromatic rings. The molecule has 1 atom stereocenters. The normalized spacial score (nSPS) is 15.7. The van der Waals surface area contributed by atoms with Gasteiger partial charge in [0, 0.05) is 19.3 Å². The van der Waals surface area contributed by atoms with Gasteiger partial charge in [-0.15, -0.1) is 0 Å². The molecule has 1 heterocycles. The van der Waals surface area contributed by atoms with Gasteiger partial charge in [-0.25, -0.2) is 4.79 Å². The SMILES string of the molecule is CO[C@](C)(C(=O)O)C(=O)N1CCc2cc(-c3ccccc3)ccc21. The van der Waals surface area contributed by atoms with Crippen molar-refractivity contribution in [1.82, 2.24) is 0 Å². The standard InChI is InChI=1S/C19H19NO4/c1-19(24-2,18(22)23)17(21)20-11-10-15-12-14(8-9-16(15)20)13-6-4-3-5-7-13/h3-9,12H,10-11H2,1-2H3,(H,22,23)/t19-/m0/s1. The highest BCUT2D eigenvalue weighted by atomic mass is 16.5. The molecular formula is C19H19NO4. The van der Waals surface area contributed by atoms with Crippen molar-refractivity contribution in [2.75, 3.05) is 18.6 Å². The fraction of sp³-hybridized carbons (Fsp3) is 0.263. The van der Waals surface area contributed by atoms with Crippen LogP contribution < -0.4 is 4.90 Å². The minimum Gasteiger partial charge on any atom is -0.479 e. The van der Waals surface area contributed by atoms with Crippen molar-refractivity contribution < 1.29 is 19.4 Å². The van der Waals surface area contributed by atoms with Gasteiger partial charge in [-0.3, -0.25) is 4.79 Å². The van der Waals surface area contributed by atoms with E-state index in [1.807, 2.05) is 42.5 Å². The second-order valence-corrected chi connectivity index (χ2v) is 5.96. The Bertz CT molecular complexity index is 787. The van der Waals surface area contributed by atoms with Crippen LogP contribution in [0.4, 0.5) is 5.69 Å². The number of benzene rings is 2. The number of carbonyl (C=O) groups is 2. The first-order chi connectivity index (χ1) is 11.5. The number of aliphatic carboxylic acids is 1. The summed E-state index contributed by atoms with van der Waals surface area (Å²) in [5.41, 5.74) is 2.10. The van der Waals surface area contributed by atoms with Crippen molar-refractivity contribution >= 4 is 17.6 Å². The van der Waals surface area contributed by atoms with E-state index in [1.165, 1.54) is 18.9 Å². The molecular weight excluding hydrogens is 306 g/mol. The summed E-state index contributed by atoms with van der Waals surface area (Å²) in [6.45, 7) is 1.74. The first kappa shape index (κ1) is 16.2. The zero-order chi connectivity index (χ0) is 17.3. The number of carboxylic acids is 1. The van der Waals surface area contributed by atoms with Crippen LogP contribution in [-0.4, -0.2) is 36.2 Å². The third-order valence-electron chi connectivity index (χ3n) is 4.55. The minimum absolute atomic E-state index is 0.457. The molecule has 0 fully saturated rings. The number of rotatable bonds is 4. The van der Waals surface area contributed by atoms with Crippen LogP contribution in [0.3, 0.4) is 0 Å². The molecule has 1 aliphatic rings. The first-order valence-corrected chi connectivity index (χ1v) is 7.76. The van der Waals surface area contributed by atoms with Gasteiger partial charge < -0.3 is 14.7 Å². The number of methoxy groups -OCH3 is 1. The summed E-state index contributed by atoms with van der Waals surface area (Å²) in [6, 6.07) is 15.9. The number of ether oxygens (including phenoxy) is 1. The number of carboxylic acid groups (broad SMARTS) is 1. The molecule has 0 bridgehead atoms. The third-order valence-corrected chi connectivity index (χ3v) is 4.55. The van der Waals surface area contributed by atoms with Gasteiger partial charge >= 0.3 is 5.97 Å². The minimum atomic E-state index is -1.88. The van der Waals surface area contributed by atoms with Crippen molar-refractivity contribution in [2.24, 2.45) is 0 Å². The topological polar surface area (TPSA) is 66.8 Å². The van der Waals surface area contributed by atoms with Gasteiger partial charge in [0.2, 0.25) is 5.60 Å². The number of anilines is 1. The van der Waals surface area contributed by atoms with Crippen LogP contribution in [-0.2, 0) is 20.7 Å². The lowest BCUT2D eigenvalue weighted by Gasteiger charge is -2.28. The number of amides is 1. The molecule has 0 saturated heterocycles. The van der Waals surface area contributed by atoms with Crippen molar-refractivity contribution in [3.05, 3.63) is 54.1 Å². The van der Waals surface area contributed by atoms with Crippen molar-refractivity contribution in [1.29, 1.82) is 0 Å². The highest BCUT2D eigenvalue weighted by Crippen LogP contribution is 2.34. The summed E-state index contributed by atoms with van der Waals surface area (Å²) in [5, 5.41) is 9.33. The zero-order valence-electron chi connectivity index (χ0n) is 13.7. The van der Waals surface area contributed by atoms with Gasteiger partial charge in [0.15, 0.2) is 0 Å². The largest absolute Gasteiger partial charge is 0.479 e. The summed E-state index contributed by atoms with van der Waals surface area (Å²) in [7, 11) is 1.24. The molecule has 1 N–H and O–H groups in total.